The Hall–Kier alpha value is -3.94. The van der Waals surface area contributed by atoms with Crippen molar-refractivity contribution in [2.45, 2.75) is 32.1 Å². The molecular weight excluding hydrogens is 578 g/mol. The molecule has 44 heavy (non-hydrogen) atoms. The number of benzene rings is 1. The number of aryl methyl sites for hydroxylation is 1. The van der Waals surface area contributed by atoms with Crippen molar-refractivity contribution >= 4 is 51.9 Å². The Kier molecular flexibility index (Phi) is 9.43. The molecule has 0 saturated carbocycles. The zero-order valence-electron chi connectivity index (χ0n) is 25.1. The van der Waals surface area contributed by atoms with Crippen molar-refractivity contribution in [2.75, 3.05) is 80.6 Å². The molecule has 2 amide bonds. The number of hydrogen-bond acceptors (Lipinski definition) is 12. The van der Waals surface area contributed by atoms with Crippen LogP contribution in [0.25, 0.3) is 0 Å². The third kappa shape index (κ3) is 7.40. The maximum Gasteiger partial charge on any atom is 0.234 e. The highest BCUT2D eigenvalue weighted by Crippen LogP contribution is 2.29. The average molecular weight is 618 g/mol. The lowest BCUT2D eigenvalue weighted by molar-refractivity contribution is -0.134. The third-order valence-electron chi connectivity index (χ3n) is 8.59. The molecule has 3 saturated heterocycles. The largest absolute Gasteiger partial charge is 0.369 e. The molecule has 2 aromatic heterocycles. The molecule has 0 radical (unpaired) electrons. The number of rotatable bonds is 10. The number of aldehydes is 1. The van der Waals surface area contributed by atoms with Gasteiger partial charge in [0.1, 0.15) is 17.5 Å². The van der Waals surface area contributed by atoms with Gasteiger partial charge in [-0.3, -0.25) is 29.5 Å². The minimum atomic E-state index is -0.247. The lowest BCUT2D eigenvalue weighted by atomic mass is 9.90. The number of anilines is 4. The number of piperidine rings is 1. The fourth-order valence-corrected chi connectivity index (χ4v) is 6.82. The van der Waals surface area contributed by atoms with Gasteiger partial charge in [0.2, 0.25) is 11.8 Å². The van der Waals surface area contributed by atoms with E-state index in [-0.39, 0.29) is 17.7 Å². The van der Waals surface area contributed by atoms with Crippen molar-refractivity contribution in [1.29, 1.82) is 0 Å². The van der Waals surface area contributed by atoms with Crippen LogP contribution in [0.2, 0.25) is 0 Å². The lowest BCUT2D eigenvalue weighted by Gasteiger charge is -2.38. The van der Waals surface area contributed by atoms with Crippen molar-refractivity contribution in [3.8, 4) is 0 Å². The molecule has 0 bridgehead atoms. The van der Waals surface area contributed by atoms with Gasteiger partial charge < -0.3 is 15.1 Å². The summed E-state index contributed by atoms with van der Waals surface area (Å²) in [7, 11) is 0. The smallest absolute Gasteiger partial charge is 0.234 e. The molecule has 3 aromatic rings. The topological polar surface area (TPSA) is 127 Å². The van der Waals surface area contributed by atoms with Gasteiger partial charge in [0.15, 0.2) is 11.4 Å². The number of amides is 2. The number of thiazole rings is 1. The van der Waals surface area contributed by atoms with E-state index < -0.39 is 0 Å². The minimum absolute atomic E-state index is 0.176. The minimum Gasteiger partial charge on any atom is -0.369 e. The summed E-state index contributed by atoms with van der Waals surface area (Å²) >= 11 is 1.30. The van der Waals surface area contributed by atoms with Gasteiger partial charge in [-0.05, 0) is 50.6 Å². The summed E-state index contributed by atoms with van der Waals surface area (Å²) in [5, 5.41) is 6.32. The molecular formula is C31H39N9O3S. The van der Waals surface area contributed by atoms with Crippen molar-refractivity contribution in [3.05, 3.63) is 52.8 Å². The van der Waals surface area contributed by atoms with Gasteiger partial charge in [0.05, 0.1) is 17.0 Å². The SMILES string of the molecule is Cc1nc(Nc2ncc(C=O)s2)cc(N2CCN(CCCN3CCN(c4cccc(C5CCC(=O)NC5=O)c4)CC3)CC2)n1. The number of imide groups is 1. The summed E-state index contributed by atoms with van der Waals surface area (Å²) in [5.41, 5.74) is 2.15. The predicted octanol–water partition coefficient (Wildman–Crippen LogP) is 2.65. The van der Waals surface area contributed by atoms with Gasteiger partial charge >= 0.3 is 0 Å². The first-order valence-electron chi connectivity index (χ1n) is 15.4. The van der Waals surface area contributed by atoms with Gasteiger partial charge in [-0.15, -0.1) is 0 Å². The second-order valence-electron chi connectivity index (χ2n) is 11.6. The van der Waals surface area contributed by atoms with E-state index in [0.717, 1.165) is 95.2 Å². The molecule has 3 aliphatic heterocycles. The van der Waals surface area contributed by atoms with E-state index in [1.165, 1.54) is 11.3 Å². The molecule has 1 atom stereocenters. The summed E-state index contributed by atoms with van der Waals surface area (Å²) in [4.78, 5) is 58.6. The summed E-state index contributed by atoms with van der Waals surface area (Å²) in [6, 6.07) is 10.2. The average Bonchev–Trinajstić information content (AvgIpc) is 3.49. The molecule has 3 fully saturated rings. The molecule has 0 spiro atoms. The van der Waals surface area contributed by atoms with E-state index in [4.69, 9.17) is 0 Å². The molecule has 6 rings (SSSR count). The summed E-state index contributed by atoms with van der Waals surface area (Å²) in [6.45, 7) is 11.9. The molecule has 5 heterocycles. The van der Waals surface area contributed by atoms with Crippen LogP contribution in [-0.4, -0.2) is 108 Å². The highest BCUT2D eigenvalue weighted by molar-refractivity contribution is 7.17. The monoisotopic (exact) mass is 617 g/mol. The Morgan fingerprint density at radius 3 is 2.39 bits per heavy atom. The molecule has 0 aliphatic carbocycles. The molecule has 1 unspecified atom stereocenters. The standard InChI is InChI=1S/C31H39N9O3S/c1-22-33-27(35-31-32-20-25(21-41)44-31)19-28(34-22)40-16-12-38(13-17-40)9-3-8-37-10-14-39(15-11-37)24-5-2-4-23(18-24)26-6-7-29(42)36-30(26)43/h2,4-5,18-21,26H,3,6-17H2,1H3,(H,36,42,43)(H,32,33,34,35). The normalized spacial score (nSPS) is 20.1. The van der Waals surface area contributed by atoms with Crippen LogP contribution in [-0.2, 0) is 9.59 Å². The van der Waals surface area contributed by atoms with E-state index in [2.05, 4.69) is 57.3 Å². The Morgan fingerprint density at radius 2 is 1.70 bits per heavy atom. The van der Waals surface area contributed by atoms with Crippen LogP contribution < -0.4 is 20.4 Å². The van der Waals surface area contributed by atoms with E-state index in [9.17, 15) is 14.4 Å². The first-order valence-corrected chi connectivity index (χ1v) is 16.2. The number of carbonyl (C=O) groups excluding carboxylic acids is 3. The molecule has 12 nitrogen and oxygen atoms in total. The van der Waals surface area contributed by atoms with Crippen LogP contribution >= 0.6 is 11.3 Å². The van der Waals surface area contributed by atoms with Gasteiger partial charge in [-0.25, -0.2) is 15.0 Å². The highest BCUT2D eigenvalue weighted by atomic mass is 32.1. The van der Waals surface area contributed by atoms with Crippen molar-refractivity contribution in [1.82, 2.24) is 30.1 Å². The second-order valence-corrected chi connectivity index (χ2v) is 12.6. The Morgan fingerprint density at radius 1 is 0.977 bits per heavy atom. The number of nitrogens with one attached hydrogen (secondary N) is 2. The second kappa shape index (κ2) is 13.8. The number of carbonyl (C=O) groups is 3. The van der Waals surface area contributed by atoms with Crippen LogP contribution in [0.5, 0.6) is 0 Å². The summed E-state index contributed by atoms with van der Waals surface area (Å²) in [6.07, 6.45) is 4.47. The van der Waals surface area contributed by atoms with Gasteiger partial charge in [0.25, 0.3) is 0 Å². The van der Waals surface area contributed by atoms with Crippen molar-refractivity contribution < 1.29 is 14.4 Å². The van der Waals surface area contributed by atoms with Crippen LogP contribution in [0.3, 0.4) is 0 Å². The Bertz CT molecular complexity index is 1480. The number of nitrogens with zero attached hydrogens (tertiary/aromatic N) is 7. The van der Waals surface area contributed by atoms with Crippen LogP contribution in [0.1, 0.15) is 46.2 Å². The third-order valence-corrected chi connectivity index (χ3v) is 9.43. The van der Waals surface area contributed by atoms with Crippen LogP contribution in [0.4, 0.5) is 22.5 Å². The zero-order valence-corrected chi connectivity index (χ0v) is 25.9. The van der Waals surface area contributed by atoms with E-state index in [1.807, 2.05) is 25.1 Å². The number of piperazine rings is 2. The zero-order chi connectivity index (χ0) is 30.5. The Labute approximate surface area is 261 Å². The number of aromatic nitrogens is 3. The molecule has 13 heteroatoms. The van der Waals surface area contributed by atoms with Crippen LogP contribution in [0, 0.1) is 6.92 Å². The quantitative estimate of drug-likeness (QED) is 0.258. The first-order chi connectivity index (χ1) is 21.4. The predicted molar refractivity (Wildman–Crippen MR) is 171 cm³/mol. The molecule has 232 valence electrons. The highest BCUT2D eigenvalue weighted by Gasteiger charge is 2.28. The summed E-state index contributed by atoms with van der Waals surface area (Å²) < 4.78 is 0. The van der Waals surface area contributed by atoms with Crippen molar-refractivity contribution in [2.24, 2.45) is 0 Å². The molecule has 3 aliphatic rings. The summed E-state index contributed by atoms with van der Waals surface area (Å²) in [5.74, 6) is 1.69. The van der Waals surface area contributed by atoms with E-state index >= 15 is 0 Å². The van der Waals surface area contributed by atoms with Gasteiger partial charge in [-0.2, -0.15) is 0 Å². The van der Waals surface area contributed by atoms with Gasteiger partial charge in [0, 0.05) is 70.5 Å². The maximum atomic E-state index is 12.3. The van der Waals surface area contributed by atoms with Gasteiger partial charge in [-0.1, -0.05) is 23.5 Å². The fraction of sp³-hybridized carbons (Fsp3) is 0.484. The molecule has 2 N–H and O–H groups in total. The van der Waals surface area contributed by atoms with Crippen molar-refractivity contribution in [3.63, 3.8) is 0 Å². The van der Waals surface area contributed by atoms with Crippen LogP contribution in [0.15, 0.2) is 36.5 Å². The van der Waals surface area contributed by atoms with E-state index in [1.54, 1.807) is 6.20 Å². The number of hydrogen-bond donors (Lipinski definition) is 2. The maximum absolute atomic E-state index is 12.3. The molecule has 1 aromatic carbocycles. The lowest BCUT2D eigenvalue weighted by Crippen LogP contribution is -2.49. The Balaban J connectivity index is 0.921. The van der Waals surface area contributed by atoms with E-state index in [0.29, 0.717) is 34.5 Å². The first kappa shape index (κ1) is 30.1. The fourth-order valence-electron chi connectivity index (χ4n) is 6.18.